The first-order valence-electron chi connectivity index (χ1n) is 18.6. The summed E-state index contributed by atoms with van der Waals surface area (Å²) in [6.45, 7) is 5.02. The number of carbonyl (C=O) groups is 10. The highest BCUT2D eigenvalue weighted by Gasteiger charge is 2.27. The van der Waals surface area contributed by atoms with E-state index in [0.29, 0.717) is 0 Å². The summed E-state index contributed by atoms with van der Waals surface area (Å²) in [5.41, 5.74) is -0.615. The van der Waals surface area contributed by atoms with Crippen molar-refractivity contribution < 1.29 is 81.5 Å². The van der Waals surface area contributed by atoms with E-state index in [2.05, 4.69) is 10.6 Å². The van der Waals surface area contributed by atoms with Gasteiger partial charge in [-0.15, -0.1) is 0 Å². The number of amides is 3. The molecule has 330 valence electrons. The average molecular weight is 865 g/mol. The maximum Gasteiger partial charge on any atom is 0.323 e. The molecule has 0 saturated carbocycles. The van der Waals surface area contributed by atoms with Gasteiger partial charge in [0.25, 0.3) is 17.7 Å². The number of hydrogen-bond acceptors (Lipinski definition) is 17. The minimum atomic E-state index is -1.41. The number of ether oxygens (including phenoxy) is 6. The second-order valence-electron chi connectivity index (χ2n) is 12.9. The number of para-hydroxylation sites is 3. The van der Waals surface area contributed by atoms with Gasteiger partial charge in [0.05, 0.1) is 16.7 Å². The molecule has 3 aromatic rings. The number of esters is 6. The van der Waals surface area contributed by atoms with Crippen LogP contribution in [0, 0.1) is 0 Å². The molecule has 3 rings (SSSR count). The molecule has 21 heteroatoms. The number of nitrogens with one attached hydrogen (secondary N) is 2. The van der Waals surface area contributed by atoms with Gasteiger partial charge in [0.1, 0.15) is 6.54 Å². The minimum absolute atomic E-state index is 0.00941. The number of rotatable bonds is 20. The van der Waals surface area contributed by atoms with Crippen molar-refractivity contribution in [2.45, 2.75) is 41.5 Å². The lowest BCUT2D eigenvalue weighted by Crippen LogP contribution is -2.45. The number of carboxylic acid groups (broad SMARTS) is 1. The number of carbonyl (C=O) groups excluding carboxylic acids is 9. The third-order valence-corrected chi connectivity index (χ3v) is 7.88. The summed E-state index contributed by atoms with van der Waals surface area (Å²) < 4.78 is 30.9. The lowest BCUT2D eigenvalue weighted by molar-refractivity contribution is -0.138. The smallest absolute Gasteiger partial charge is 0.323 e. The zero-order chi connectivity index (χ0) is 46.1. The van der Waals surface area contributed by atoms with Gasteiger partial charge >= 0.3 is 41.8 Å². The Morgan fingerprint density at radius 2 is 0.806 bits per heavy atom. The van der Waals surface area contributed by atoms with Gasteiger partial charge in [-0.2, -0.15) is 0 Å². The number of hydrogen-bond donors (Lipinski definition) is 3. The van der Waals surface area contributed by atoms with E-state index in [4.69, 9.17) is 28.4 Å². The fourth-order valence-electron chi connectivity index (χ4n) is 5.56. The molecule has 0 aliphatic rings. The first kappa shape index (κ1) is 48.7. The molecule has 0 unspecified atom stereocenters. The van der Waals surface area contributed by atoms with E-state index in [9.17, 15) is 53.1 Å². The topological polar surface area (TPSA) is 277 Å². The van der Waals surface area contributed by atoms with Gasteiger partial charge in [0, 0.05) is 80.8 Å². The van der Waals surface area contributed by atoms with Gasteiger partial charge < -0.3 is 49.1 Å². The van der Waals surface area contributed by atoms with Gasteiger partial charge in [0.15, 0.2) is 34.5 Å². The predicted molar refractivity (Wildman–Crippen MR) is 212 cm³/mol. The maximum atomic E-state index is 13.9. The highest BCUT2D eigenvalue weighted by atomic mass is 16.6. The third-order valence-electron chi connectivity index (χ3n) is 7.88. The standard InChI is InChI=1S/C41H44N4O17/c1-23(46)57-32-13-7-10-29(36(32)60-26(4)49)39(54)42-16-18-44(19-17-43-40(55)30-11-8-14-33(58-24(2)47)37(30)61-27(5)50)20-21-45(22-35(52)53)41(56)31-12-9-15-34(59-25(3)48)38(31)62-28(6)51/h7-15H,16-22H2,1-6H3,(H,42,54)(H,43,55)(H,52,53). The lowest BCUT2D eigenvalue weighted by atomic mass is 10.1. The van der Waals surface area contributed by atoms with Crippen molar-refractivity contribution in [1.29, 1.82) is 0 Å². The summed E-state index contributed by atoms with van der Waals surface area (Å²) in [6, 6.07) is 11.9. The second-order valence-corrected chi connectivity index (χ2v) is 12.9. The summed E-state index contributed by atoms with van der Waals surface area (Å²) in [5, 5.41) is 15.1. The SMILES string of the molecule is CC(=O)Oc1cccc(C(=O)NCCN(CCNC(=O)c2cccc(OC(C)=O)c2OC(C)=O)CCN(CC(=O)O)C(=O)c2cccc(OC(C)=O)c2OC(C)=O)c1OC(C)=O. The second kappa shape index (κ2) is 23.2. The molecule has 0 radical (unpaired) electrons. The highest BCUT2D eigenvalue weighted by molar-refractivity contribution is 6.01. The van der Waals surface area contributed by atoms with Crippen LogP contribution >= 0.6 is 0 Å². The molecule has 0 aliphatic carbocycles. The fourth-order valence-corrected chi connectivity index (χ4v) is 5.56. The summed E-state index contributed by atoms with van der Waals surface area (Å²) in [5.74, 6) is -10.3. The van der Waals surface area contributed by atoms with Crippen LogP contribution in [0.15, 0.2) is 54.6 Å². The normalized spacial score (nSPS) is 10.4. The molecule has 62 heavy (non-hydrogen) atoms. The minimum Gasteiger partial charge on any atom is -0.480 e. The number of nitrogens with zero attached hydrogens (tertiary/aromatic N) is 2. The Kier molecular flexibility index (Phi) is 18.2. The van der Waals surface area contributed by atoms with Crippen LogP contribution < -0.4 is 39.1 Å². The van der Waals surface area contributed by atoms with Gasteiger partial charge in [-0.05, 0) is 36.4 Å². The van der Waals surface area contributed by atoms with Gasteiger partial charge in [0.2, 0.25) is 0 Å². The van der Waals surface area contributed by atoms with E-state index >= 15 is 0 Å². The molecule has 0 aliphatic heterocycles. The van der Waals surface area contributed by atoms with Crippen molar-refractivity contribution in [3.05, 3.63) is 71.3 Å². The van der Waals surface area contributed by atoms with Crippen LogP contribution in [-0.4, -0.2) is 120 Å². The van der Waals surface area contributed by atoms with Crippen molar-refractivity contribution in [3.8, 4) is 34.5 Å². The fraction of sp³-hybridized carbons (Fsp3) is 0.317. The summed E-state index contributed by atoms with van der Waals surface area (Å²) in [6.07, 6.45) is 0. The third kappa shape index (κ3) is 15.2. The molecule has 3 amide bonds. The summed E-state index contributed by atoms with van der Waals surface area (Å²) in [4.78, 5) is 126. The van der Waals surface area contributed by atoms with Crippen molar-refractivity contribution in [1.82, 2.24) is 20.4 Å². The van der Waals surface area contributed by atoms with E-state index in [1.165, 1.54) is 54.6 Å². The Morgan fingerprint density at radius 3 is 1.15 bits per heavy atom. The monoisotopic (exact) mass is 864 g/mol. The molecule has 21 nitrogen and oxygen atoms in total. The molecule has 0 atom stereocenters. The molecule has 0 heterocycles. The van der Waals surface area contributed by atoms with Crippen LogP contribution in [0.1, 0.15) is 72.6 Å². The molecule has 3 aromatic carbocycles. The number of carboxylic acids is 1. The van der Waals surface area contributed by atoms with Crippen LogP contribution in [0.4, 0.5) is 0 Å². The summed E-state index contributed by atoms with van der Waals surface area (Å²) in [7, 11) is 0. The zero-order valence-electron chi connectivity index (χ0n) is 34.5. The molecule has 0 fully saturated rings. The molecular weight excluding hydrogens is 820 g/mol. The predicted octanol–water partition coefficient (Wildman–Crippen LogP) is 1.93. The van der Waals surface area contributed by atoms with Crippen LogP contribution in [0.3, 0.4) is 0 Å². The molecule has 0 bridgehead atoms. The van der Waals surface area contributed by atoms with Crippen LogP contribution in [0.2, 0.25) is 0 Å². The van der Waals surface area contributed by atoms with E-state index in [-0.39, 0.29) is 84.7 Å². The molecular formula is C41H44N4O17. The van der Waals surface area contributed by atoms with Crippen LogP contribution in [0.5, 0.6) is 34.5 Å². The van der Waals surface area contributed by atoms with Crippen molar-refractivity contribution in [3.63, 3.8) is 0 Å². The van der Waals surface area contributed by atoms with E-state index < -0.39 is 71.8 Å². The van der Waals surface area contributed by atoms with E-state index in [0.717, 1.165) is 46.4 Å². The molecule has 0 aromatic heterocycles. The largest absolute Gasteiger partial charge is 0.480 e. The molecule has 0 saturated heterocycles. The Hall–Kier alpha value is -7.68. The first-order chi connectivity index (χ1) is 29.3. The van der Waals surface area contributed by atoms with Gasteiger partial charge in [-0.3, -0.25) is 52.8 Å². The average Bonchev–Trinajstić information content (AvgIpc) is 3.16. The quantitative estimate of drug-likeness (QED) is 0.108. The Bertz CT molecular complexity index is 2140. The Labute approximate surface area is 354 Å². The van der Waals surface area contributed by atoms with E-state index in [1.54, 1.807) is 4.90 Å². The Balaban J connectivity index is 1.92. The highest BCUT2D eigenvalue weighted by Crippen LogP contribution is 2.34. The molecule has 0 spiro atoms. The lowest BCUT2D eigenvalue weighted by Gasteiger charge is -2.28. The zero-order valence-corrected chi connectivity index (χ0v) is 34.5. The molecule has 3 N–H and O–H groups in total. The van der Waals surface area contributed by atoms with Crippen molar-refractivity contribution in [2.24, 2.45) is 0 Å². The van der Waals surface area contributed by atoms with E-state index in [1.807, 2.05) is 0 Å². The first-order valence-corrected chi connectivity index (χ1v) is 18.6. The van der Waals surface area contributed by atoms with Crippen LogP contribution in [-0.2, 0) is 33.6 Å². The Morgan fingerprint density at radius 1 is 0.468 bits per heavy atom. The van der Waals surface area contributed by atoms with Crippen molar-refractivity contribution >= 4 is 59.5 Å². The van der Waals surface area contributed by atoms with Gasteiger partial charge in [-0.1, -0.05) is 18.2 Å². The van der Waals surface area contributed by atoms with Crippen molar-refractivity contribution in [2.75, 3.05) is 45.8 Å². The van der Waals surface area contributed by atoms with Gasteiger partial charge in [-0.25, -0.2) is 0 Å². The maximum absolute atomic E-state index is 13.9. The summed E-state index contributed by atoms with van der Waals surface area (Å²) >= 11 is 0. The number of benzene rings is 3. The van der Waals surface area contributed by atoms with Crippen LogP contribution in [0.25, 0.3) is 0 Å². The number of aliphatic carboxylic acids is 1.